The second-order valence-electron chi connectivity index (χ2n) is 6.60. The molecule has 0 saturated carbocycles. The lowest BCUT2D eigenvalue weighted by molar-refractivity contribution is 0.0143. The first-order valence-corrected chi connectivity index (χ1v) is 8.93. The summed E-state index contributed by atoms with van der Waals surface area (Å²) in [4.78, 5) is 7.38. The number of hydrogen-bond donors (Lipinski definition) is 2. The summed E-state index contributed by atoms with van der Waals surface area (Å²) in [7, 11) is 0. The standard InChI is InChI=1S/C17H36N4O.HI/c1-6-15(5)20-17(18-7-2)19-13-16(12-14(3)4)21-8-10-22-11-9-21;/h14-16H,6-13H2,1-5H3,(H2,18,19,20);1H. The van der Waals surface area contributed by atoms with Crippen molar-refractivity contribution >= 4 is 29.9 Å². The molecular weight excluding hydrogens is 403 g/mol. The number of ether oxygens (including phenoxy) is 1. The molecule has 5 nitrogen and oxygen atoms in total. The fourth-order valence-corrected chi connectivity index (χ4v) is 2.68. The van der Waals surface area contributed by atoms with Gasteiger partial charge in [0, 0.05) is 31.7 Å². The lowest BCUT2D eigenvalue weighted by Crippen LogP contribution is -2.47. The van der Waals surface area contributed by atoms with E-state index in [2.05, 4.69) is 50.2 Å². The van der Waals surface area contributed by atoms with Crippen LogP contribution in [0.5, 0.6) is 0 Å². The lowest BCUT2D eigenvalue weighted by atomic mass is 10.0. The molecule has 138 valence electrons. The van der Waals surface area contributed by atoms with Gasteiger partial charge in [0.15, 0.2) is 5.96 Å². The molecule has 23 heavy (non-hydrogen) atoms. The quantitative estimate of drug-likeness (QED) is 0.346. The van der Waals surface area contributed by atoms with Gasteiger partial charge in [-0.05, 0) is 32.6 Å². The van der Waals surface area contributed by atoms with Gasteiger partial charge in [0.25, 0.3) is 0 Å². The van der Waals surface area contributed by atoms with Crippen molar-refractivity contribution < 1.29 is 4.74 Å². The Kier molecular flexibility index (Phi) is 13.2. The first-order valence-electron chi connectivity index (χ1n) is 8.93. The van der Waals surface area contributed by atoms with Crippen LogP contribution in [-0.2, 0) is 4.74 Å². The van der Waals surface area contributed by atoms with Gasteiger partial charge in [0.1, 0.15) is 0 Å². The third kappa shape index (κ3) is 9.72. The highest BCUT2D eigenvalue weighted by molar-refractivity contribution is 14.0. The van der Waals surface area contributed by atoms with Crippen LogP contribution in [0, 0.1) is 5.92 Å². The van der Waals surface area contributed by atoms with Crippen molar-refractivity contribution in [3.05, 3.63) is 0 Å². The average molecular weight is 440 g/mol. The Morgan fingerprint density at radius 1 is 1.17 bits per heavy atom. The maximum absolute atomic E-state index is 5.48. The van der Waals surface area contributed by atoms with Crippen molar-refractivity contribution in [2.45, 2.75) is 59.5 Å². The molecule has 0 radical (unpaired) electrons. The summed E-state index contributed by atoms with van der Waals surface area (Å²) in [6, 6.07) is 0.959. The molecule has 0 aromatic rings. The predicted octanol–water partition coefficient (Wildman–Crippen LogP) is 2.70. The third-order valence-corrected chi connectivity index (χ3v) is 4.11. The van der Waals surface area contributed by atoms with Gasteiger partial charge in [-0.2, -0.15) is 0 Å². The fourth-order valence-electron chi connectivity index (χ4n) is 2.68. The van der Waals surface area contributed by atoms with Gasteiger partial charge in [-0.25, -0.2) is 0 Å². The normalized spacial score (nSPS) is 19.1. The monoisotopic (exact) mass is 440 g/mol. The van der Waals surface area contributed by atoms with E-state index in [-0.39, 0.29) is 24.0 Å². The molecule has 6 heteroatoms. The average Bonchev–Trinajstić information content (AvgIpc) is 2.51. The molecule has 1 rings (SSSR count). The Morgan fingerprint density at radius 2 is 1.83 bits per heavy atom. The Balaban J connectivity index is 0.00000484. The minimum atomic E-state index is 0. The van der Waals surface area contributed by atoms with Crippen LogP contribution >= 0.6 is 24.0 Å². The summed E-state index contributed by atoms with van der Waals surface area (Å²) >= 11 is 0. The Hall–Kier alpha value is -0.0800. The molecule has 0 aromatic heterocycles. The van der Waals surface area contributed by atoms with Crippen molar-refractivity contribution in [2.24, 2.45) is 10.9 Å². The fraction of sp³-hybridized carbons (Fsp3) is 0.941. The van der Waals surface area contributed by atoms with Gasteiger partial charge >= 0.3 is 0 Å². The van der Waals surface area contributed by atoms with E-state index in [1.54, 1.807) is 0 Å². The molecule has 1 heterocycles. The smallest absolute Gasteiger partial charge is 0.191 e. The van der Waals surface area contributed by atoms with Crippen LogP contribution in [0.25, 0.3) is 0 Å². The minimum Gasteiger partial charge on any atom is -0.379 e. The van der Waals surface area contributed by atoms with E-state index in [4.69, 9.17) is 9.73 Å². The second kappa shape index (κ2) is 13.2. The molecule has 0 spiro atoms. The van der Waals surface area contributed by atoms with Crippen LogP contribution in [-0.4, -0.2) is 62.3 Å². The maximum Gasteiger partial charge on any atom is 0.191 e. The zero-order valence-electron chi connectivity index (χ0n) is 15.6. The van der Waals surface area contributed by atoms with Gasteiger partial charge in [0.05, 0.1) is 19.8 Å². The van der Waals surface area contributed by atoms with Crippen LogP contribution < -0.4 is 10.6 Å². The van der Waals surface area contributed by atoms with Crippen LogP contribution in [0.15, 0.2) is 4.99 Å². The molecule has 1 aliphatic heterocycles. The summed E-state index contributed by atoms with van der Waals surface area (Å²) in [5.41, 5.74) is 0. The molecule has 2 unspecified atom stereocenters. The Bertz CT molecular complexity index is 320. The first-order chi connectivity index (χ1) is 10.6. The largest absolute Gasteiger partial charge is 0.379 e. The van der Waals surface area contributed by atoms with Crippen LogP contribution in [0.3, 0.4) is 0 Å². The number of halogens is 1. The molecule has 2 N–H and O–H groups in total. The summed E-state index contributed by atoms with van der Waals surface area (Å²) < 4.78 is 5.48. The van der Waals surface area contributed by atoms with E-state index < -0.39 is 0 Å². The molecule has 2 atom stereocenters. The topological polar surface area (TPSA) is 48.9 Å². The van der Waals surface area contributed by atoms with Crippen molar-refractivity contribution in [1.82, 2.24) is 15.5 Å². The molecule has 1 saturated heterocycles. The van der Waals surface area contributed by atoms with Crippen molar-refractivity contribution in [3.8, 4) is 0 Å². The van der Waals surface area contributed by atoms with Gasteiger partial charge in [-0.1, -0.05) is 20.8 Å². The SMILES string of the molecule is CCNC(=NCC(CC(C)C)N1CCOCC1)NC(C)CC.I. The molecular formula is C17H37IN4O. The van der Waals surface area contributed by atoms with Crippen molar-refractivity contribution in [2.75, 3.05) is 39.4 Å². The predicted molar refractivity (Wildman–Crippen MR) is 110 cm³/mol. The Labute approximate surface area is 160 Å². The summed E-state index contributed by atoms with van der Waals surface area (Å²) in [6.45, 7) is 16.6. The third-order valence-electron chi connectivity index (χ3n) is 4.11. The zero-order chi connectivity index (χ0) is 16.4. The number of aliphatic imine (C=N–C) groups is 1. The number of nitrogens with zero attached hydrogens (tertiary/aromatic N) is 2. The second-order valence-corrected chi connectivity index (χ2v) is 6.60. The summed E-state index contributed by atoms with van der Waals surface area (Å²) in [5, 5.41) is 6.83. The van der Waals surface area contributed by atoms with E-state index in [0.717, 1.165) is 51.8 Å². The minimum absolute atomic E-state index is 0. The van der Waals surface area contributed by atoms with Crippen LogP contribution in [0.4, 0.5) is 0 Å². The molecule has 0 aromatic carbocycles. The van der Waals surface area contributed by atoms with E-state index in [0.29, 0.717) is 18.0 Å². The van der Waals surface area contributed by atoms with Gasteiger partial charge in [-0.3, -0.25) is 9.89 Å². The number of hydrogen-bond acceptors (Lipinski definition) is 3. The molecule has 0 bridgehead atoms. The number of rotatable bonds is 8. The highest BCUT2D eigenvalue weighted by Gasteiger charge is 2.21. The van der Waals surface area contributed by atoms with Crippen molar-refractivity contribution in [1.29, 1.82) is 0 Å². The molecule has 0 amide bonds. The highest BCUT2D eigenvalue weighted by atomic mass is 127. The Morgan fingerprint density at radius 3 is 2.35 bits per heavy atom. The van der Waals surface area contributed by atoms with E-state index in [1.165, 1.54) is 6.42 Å². The summed E-state index contributed by atoms with van der Waals surface area (Å²) in [6.07, 6.45) is 2.29. The number of guanidine groups is 1. The van der Waals surface area contributed by atoms with Gasteiger partial charge in [0.2, 0.25) is 0 Å². The van der Waals surface area contributed by atoms with E-state index in [9.17, 15) is 0 Å². The van der Waals surface area contributed by atoms with Gasteiger partial charge < -0.3 is 15.4 Å². The lowest BCUT2D eigenvalue weighted by Gasteiger charge is -2.34. The number of morpholine rings is 1. The molecule has 0 aliphatic carbocycles. The first kappa shape index (κ1) is 22.9. The zero-order valence-corrected chi connectivity index (χ0v) is 17.9. The molecule has 1 aliphatic rings. The maximum atomic E-state index is 5.48. The van der Waals surface area contributed by atoms with Crippen molar-refractivity contribution in [3.63, 3.8) is 0 Å². The summed E-state index contributed by atoms with van der Waals surface area (Å²) in [5.74, 6) is 1.63. The highest BCUT2D eigenvalue weighted by Crippen LogP contribution is 2.14. The van der Waals surface area contributed by atoms with Gasteiger partial charge in [-0.15, -0.1) is 24.0 Å². The van der Waals surface area contributed by atoms with Crippen LogP contribution in [0.2, 0.25) is 0 Å². The van der Waals surface area contributed by atoms with Crippen LogP contribution in [0.1, 0.15) is 47.5 Å². The van der Waals surface area contributed by atoms with E-state index in [1.807, 2.05) is 0 Å². The van der Waals surface area contributed by atoms with E-state index >= 15 is 0 Å². The molecule has 1 fully saturated rings. The number of nitrogens with one attached hydrogen (secondary N) is 2.